The second kappa shape index (κ2) is 31.4. The van der Waals surface area contributed by atoms with E-state index in [0.29, 0.717) is 24.0 Å². The van der Waals surface area contributed by atoms with Gasteiger partial charge in [0.1, 0.15) is 42.3 Å². The molecule has 0 aliphatic carbocycles. The van der Waals surface area contributed by atoms with E-state index in [9.17, 15) is 43.2 Å². The van der Waals surface area contributed by atoms with Gasteiger partial charge < -0.3 is 81.1 Å². The van der Waals surface area contributed by atoms with Gasteiger partial charge in [0.25, 0.3) is 0 Å². The molecule has 21 N–H and O–H groups in total. The summed E-state index contributed by atoms with van der Waals surface area (Å²) in [4.78, 5) is 128. The Morgan fingerprint density at radius 1 is 0.684 bits per heavy atom. The summed E-state index contributed by atoms with van der Waals surface area (Å²) < 4.78 is 0. The number of para-hydroxylation sites is 1. The van der Waals surface area contributed by atoms with Crippen molar-refractivity contribution in [3.63, 3.8) is 0 Å². The van der Waals surface area contributed by atoms with Gasteiger partial charge in [-0.05, 0) is 87.9 Å². The van der Waals surface area contributed by atoms with E-state index < -0.39 is 95.5 Å². The first-order chi connectivity index (χ1) is 36.3. The minimum Gasteiger partial charge on any atom is -0.370 e. The number of aromatic amines is 1. The maximum atomic E-state index is 14.7. The zero-order valence-electron chi connectivity index (χ0n) is 42.8. The van der Waals surface area contributed by atoms with Crippen LogP contribution >= 0.6 is 0 Å². The Kier molecular flexibility index (Phi) is 24.9. The zero-order chi connectivity index (χ0) is 55.6. The Hall–Kier alpha value is -8.29. The summed E-state index contributed by atoms with van der Waals surface area (Å²) in [7, 11) is 0. The highest BCUT2D eigenvalue weighted by atomic mass is 16.2. The lowest BCUT2D eigenvalue weighted by atomic mass is 10.0. The number of rotatable bonds is 20. The molecule has 2 unspecified atom stereocenters. The summed E-state index contributed by atoms with van der Waals surface area (Å²) in [6.07, 6.45) is 2.25. The highest BCUT2D eigenvalue weighted by Crippen LogP contribution is 2.20. The third-order valence-electron chi connectivity index (χ3n) is 12.5. The molecule has 414 valence electrons. The van der Waals surface area contributed by atoms with Crippen LogP contribution in [0.4, 0.5) is 0 Å². The molecule has 0 spiro atoms. The normalized spacial score (nSPS) is 21.0. The molecule has 1 saturated heterocycles. The summed E-state index contributed by atoms with van der Waals surface area (Å²) in [5, 5.41) is 42.7. The number of guanidine groups is 2. The Labute approximate surface area is 440 Å². The van der Waals surface area contributed by atoms with Gasteiger partial charge in [0.05, 0.1) is 0 Å². The largest absolute Gasteiger partial charge is 0.370 e. The predicted molar refractivity (Wildman–Crippen MR) is 283 cm³/mol. The molecular weight excluding hydrogens is 983 g/mol. The van der Waals surface area contributed by atoms with Crippen molar-refractivity contribution in [3.8, 4) is 0 Å². The summed E-state index contributed by atoms with van der Waals surface area (Å²) >= 11 is 0. The van der Waals surface area contributed by atoms with Crippen LogP contribution in [0.1, 0.15) is 88.7 Å². The highest BCUT2D eigenvalue weighted by Gasteiger charge is 2.35. The third-order valence-corrected chi connectivity index (χ3v) is 12.5. The first-order valence-corrected chi connectivity index (χ1v) is 25.4. The molecule has 1 fully saturated rings. The van der Waals surface area contributed by atoms with E-state index in [1.54, 1.807) is 36.5 Å². The molecule has 7 atom stereocenters. The Morgan fingerprint density at radius 3 is 1.91 bits per heavy atom. The number of carbonyl (C=O) groups excluding carboxylic acids is 9. The summed E-state index contributed by atoms with van der Waals surface area (Å²) in [5.74, 6) is -7.46. The number of nitrogens with one attached hydrogen (secondary N) is 13. The van der Waals surface area contributed by atoms with Gasteiger partial charge in [-0.1, -0.05) is 48.5 Å². The van der Waals surface area contributed by atoms with Crippen LogP contribution in [-0.2, 0) is 56.0 Å². The predicted octanol–water partition coefficient (Wildman–Crippen LogP) is -2.80. The molecule has 9 amide bonds. The minimum atomic E-state index is -1.46. The number of fused-ring (bicyclic) bond motifs is 1. The van der Waals surface area contributed by atoms with Crippen LogP contribution in [0.2, 0.25) is 0 Å². The number of benzene rings is 2. The SMILES string of the molecule is CC(=O)N[C@@H](CCCNC(=N)N)C(=O)N[C@H]1CCC(=O)NCCC[C@@H](C(N)=O)NC(=O)[C@H](Cc2c[nH]c3ccccc23)NC(=O)C(CCCNC(=N)N)NC(=O)C(Cc2ccccc2)NC(=O)[C@H](CCCCN)NC1=O. The number of H-pyrrole nitrogens is 1. The van der Waals surface area contributed by atoms with E-state index in [1.807, 2.05) is 24.3 Å². The van der Waals surface area contributed by atoms with Gasteiger partial charge in [0.2, 0.25) is 53.2 Å². The lowest BCUT2D eigenvalue weighted by molar-refractivity contribution is -0.136. The van der Waals surface area contributed by atoms with Gasteiger partial charge >= 0.3 is 0 Å². The van der Waals surface area contributed by atoms with Gasteiger partial charge in [-0.25, -0.2) is 0 Å². The standard InChI is InChI=1S/C50H75N17O9/c1-29(68)61-35(18-10-24-58-49(53)54)43(71)65-38-20-21-41(69)57-23-9-17-34(42(52)70)62-48(76)40(27-31-28-60-33-15-6-5-14-32(31)33)67-45(73)37(19-11-25-59-50(55)56)64-47(75)39(26-30-12-3-2-4-13-30)66-44(72)36(63-46(38)74)16-7-8-22-51/h2-6,12-15,28,34-40,60H,7-11,16-27,51H2,1H3,(H2,52,70)(H,57,69)(H,61,68)(H,62,76)(H,63,74)(H,64,75)(H,65,71)(H,66,72)(H,67,73)(H4,53,54,58)(H4,55,56,59)/t34-,35-,36-,37?,38-,39?,40-/m0/s1. The Bertz CT molecular complexity index is 2490. The number of unbranched alkanes of at least 4 members (excludes halogenated alkanes) is 1. The van der Waals surface area contributed by atoms with Crippen LogP contribution < -0.4 is 76.1 Å². The molecule has 2 aromatic carbocycles. The van der Waals surface area contributed by atoms with E-state index in [-0.39, 0.29) is 109 Å². The molecule has 26 nitrogen and oxygen atoms in total. The fourth-order valence-electron chi connectivity index (χ4n) is 8.48. The first kappa shape index (κ1) is 60.3. The fraction of sp³-hybridized carbons (Fsp3) is 0.500. The van der Waals surface area contributed by atoms with E-state index in [2.05, 4.69) is 58.2 Å². The molecule has 2 heterocycles. The monoisotopic (exact) mass is 1060 g/mol. The molecule has 0 saturated carbocycles. The van der Waals surface area contributed by atoms with Gasteiger partial charge in [-0.3, -0.25) is 54.0 Å². The van der Waals surface area contributed by atoms with Crippen molar-refractivity contribution in [2.24, 2.45) is 22.9 Å². The van der Waals surface area contributed by atoms with Gasteiger partial charge in [-0.2, -0.15) is 0 Å². The molecule has 4 rings (SSSR count). The van der Waals surface area contributed by atoms with E-state index in [0.717, 1.165) is 10.9 Å². The molecule has 3 aromatic rings. The summed E-state index contributed by atoms with van der Waals surface area (Å²) in [6.45, 7) is 1.76. The van der Waals surface area contributed by atoms with Crippen LogP contribution in [0.15, 0.2) is 60.8 Å². The summed E-state index contributed by atoms with van der Waals surface area (Å²) in [5.41, 5.74) is 24.5. The number of hydrogen-bond donors (Lipinski definition) is 17. The maximum Gasteiger partial charge on any atom is 0.243 e. The van der Waals surface area contributed by atoms with Crippen LogP contribution in [0.25, 0.3) is 10.9 Å². The van der Waals surface area contributed by atoms with Crippen molar-refractivity contribution < 1.29 is 43.2 Å². The number of nitrogens with two attached hydrogens (primary N) is 4. The molecule has 0 bridgehead atoms. The van der Waals surface area contributed by atoms with Crippen LogP contribution in [0, 0.1) is 10.8 Å². The Balaban J connectivity index is 1.77. The molecule has 0 radical (unpaired) electrons. The maximum absolute atomic E-state index is 14.7. The van der Waals surface area contributed by atoms with Crippen LogP contribution in [-0.4, -0.2) is 139 Å². The average Bonchev–Trinajstić information content (AvgIpc) is 3.78. The Morgan fingerprint density at radius 2 is 1.26 bits per heavy atom. The summed E-state index contributed by atoms with van der Waals surface area (Å²) in [6, 6.07) is 6.70. The number of hydrogen-bond acceptors (Lipinski definition) is 12. The molecule has 26 heteroatoms. The second-order valence-electron chi connectivity index (χ2n) is 18.6. The first-order valence-electron chi connectivity index (χ1n) is 25.4. The lowest BCUT2D eigenvalue weighted by Gasteiger charge is -2.28. The van der Waals surface area contributed by atoms with E-state index >= 15 is 0 Å². The van der Waals surface area contributed by atoms with Crippen molar-refractivity contribution in [1.82, 2.24) is 58.2 Å². The van der Waals surface area contributed by atoms with Crippen molar-refractivity contribution in [2.75, 3.05) is 26.2 Å². The number of primary amides is 1. The lowest BCUT2D eigenvalue weighted by Crippen LogP contribution is -2.60. The van der Waals surface area contributed by atoms with Gasteiger partial charge in [-0.15, -0.1) is 0 Å². The number of aromatic nitrogens is 1. The highest BCUT2D eigenvalue weighted by molar-refractivity contribution is 5.98. The second-order valence-corrected chi connectivity index (χ2v) is 18.6. The van der Waals surface area contributed by atoms with E-state index in [1.165, 1.54) is 6.92 Å². The van der Waals surface area contributed by atoms with Crippen LogP contribution in [0.3, 0.4) is 0 Å². The number of amides is 9. The third kappa shape index (κ3) is 20.9. The minimum absolute atomic E-state index is 0.0104. The molecule has 1 aliphatic heterocycles. The molecule has 1 aliphatic rings. The van der Waals surface area contributed by atoms with Crippen LogP contribution in [0.5, 0.6) is 0 Å². The molecular formula is C50H75N17O9. The van der Waals surface area contributed by atoms with Crippen molar-refractivity contribution in [2.45, 2.75) is 133 Å². The fourth-order valence-corrected chi connectivity index (χ4v) is 8.48. The van der Waals surface area contributed by atoms with Crippen molar-refractivity contribution in [1.29, 1.82) is 10.8 Å². The van der Waals surface area contributed by atoms with Crippen molar-refractivity contribution >= 4 is 76.0 Å². The zero-order valence-corrected chi connectivity index (χ0v) is 42.8. The average molecular weight is 1060 g/mol. The van der Waals surface area contributed by atoms with Gasteiger partial charge in [0.15, 0.2) is 11.9 Å². The van der Waals surface area contributed by atoms with Gasteiger partial charge in [0, 0.05) is 62.9 Å². The smallest absolute Gasteiger partial charge is 0.243 e. The quantitative estimate of drug-likeness (QED) is 0.0309. The molecule has 76 heavy (non-hydrogen) atoms. The number of carbonyl (C=O) groups is 9. The van der Waals surface area contributed by atoms with E-state index in [4.69, 9.17) is 33.8 Å². The topological polar surface area (TPSA) is 441 Å². The molecule has 1 aromatic heterocycles. The van der Waals surface area contributed by atoms with Crippen molar-refractivity contribution in [3.05, 3.63) is 71.9 Å².